The van der Waals surface area contributed by atoms with Gasteiger partial charge < -0.3 is 29.6 Å². The summed E-state index contributed by atoms with van der Waals surface area (Å²) in [6, 6.07) is 8.36. The van der Waals surface area contributed by atoms with Gasteiger partial charge in [0.15, 0.2) is 0 Å². The van der Waals surface area contributed by atoms with Crippen molar-refractivity contribution in [1.82, 2.24) is 15.1 Å². The van der Waals surface area contributed by atoms with Crippen LogP contribution in [0.25, 0.3) is 10.1 Å². The first kappa shape index (κ1) is 30.6. The molecular weight excluding hydrogens is 615 g/mol. The first-order valence-electron chi connectivity index (χ1n) is 14.4. The molecule has 3 fully saturated rings. The van der Waals surface area contributed by atoms with Gasteiger partial charge in [0.05, 0.1) is 12.0 Å². The van der Waals surface area contributed by atoms with Crippen LogP contribution in [0.2, 0.25) is 0 Å². The van der Waals surface area contributed by atoms with Crippen LogP contribution in [0.1, 0.15) is 64.7 Å². The van der Waals surface area contributed by atoms with E-state index in [1.807, 2.05) is 0 Å². The van der Waals surface area contributed by atoms with Crippen LogP contribution in [0.15, 0.2) is 42.5 Å². The lowest BCUT2D eigenvalue weighted by atomic mass is 9.89. The molecule has 3 N–H and O–H groups in total. The van der Waals surface area contributed by atoms with Crippen LogP contribution in [-0.4, -0.2) is 75.6 Å². The Morgan fingerprint density at radius 2 is 1.86 bits per heavy atom. The van der Waals surface area contributed by atoms with Crippen LogP contribution in [0.4, 0.5) is 8.78 Å². The minimum atomic E-state index is -4.98. The lowest BCUT2D eigenvalue weighted by Crippen LogP contribution is -2.58. The standard InChI is InChI=1S/C30H32F2N3O7PS/c1-42-24-9-6-19(31)13-21(24)18-14-34(15-18)30(38)23-8-7-20-3-2-4-22(29(37)35(20)23)33-28(36)26-12-17-11-16(5-10-25(17)44-26)27(32)43(39,40)41/h5-6,9-13,18,20,22-23,27H,2-4,7-8,14-15H2,1H3,(H,33,36)(H2,39,40,41)/t20-,22-,23-,27?/m0/s1. The lowest BCUT2D eigenvalue weighted by Gasteiger charge is -2.43. The number of fused-ring (bicyclic) bond motifs is 2. The molecule has 3 aromatic rings. The monoisotopic (exact) mass is 647 g/mol. The number of hydrogen-bond donors (Lipinski definition) is 3. The number of carbonyl (C=O) groups is 3. The number of hydrogen-bond acceptors (Lipinski definition) is 6. The first-order chi connectivity index (χ1) is 20.9. The van der Waals surface area contributed by atoms with Gasteiger partial charge in [-0.2, -0.15) is 0 Å². The lowest BCUT2D eigenvalue weighted by molar-refractivity contribution is -0.148. The van der Waals surface area contributed by atoms with E-state index in [4.69, 9.17) is 4.74 Å². The number of carbonyl (C=O) groups excluding carboxylic acids is 3. The molecule has 0 bridgehead atoms. The summed E-state index contributed by atoms with van der Waals surface area (Å²) >= 11 is 1.12. The SMILES string of the molecule is COc1ccc(F)cc1C1CN(C(=O)[C@@H]2CC[C@@H]3CCC[C@H](NC(=O)c4cc5cc(C(F)P(=O)(O)O)ccc5s4)C(=O)N32)C1. The van der Waals surface area contributed by atoms with Crippen molar-refractivity contribution in [3.05, 3.63) is 64.3 Å². The molecule has 3 amide bonds. The van der Waals surface area contributed by atoms with Crippen molar-refractivity contribution >= 4 is 46.7 Å². The van der Waals surface area contributed by atoms with Crippen molar-refractivity contribution in [2.75, 3.05) is 20.2 Å². The zero-order valence-electron chi connectivity index (χ0n) is 23.8. The molecule has 44 heavy (non-hydrogen) atoms. The predicted octanol–water partition coefficient (Wildman–Crippen LogP) is 4.46. The van der Waals surface area contributed by atoms with Crippen molar-refractivity contribution in [2.45, 2.75) is 62.1 Å². The van der Waals surface area contributed by atoms with Crippen LogP contribution in [0, 0.1) is 5.82 Å². The van der Waals surface area contributed by atoms with Crippen LogP contribution in [0.5, 0.6) is 5.75 Å². The van der Waals surface area contributed by atoms with Crippen LogP contribution in [-0.2, 0) is 14.2 Å². The minimum Gasteiger partial charge on any atom is -0.496 e. The molecule has 10 nitrogen and oxygen atoms in total. The molecule has 3 aliphatic heterocycles. The molecule has 0 aliphatic carbocycles. The van der Waals surface area contributed by atoms with E-state index in [1.54, 1.807) is 15.9 Å². The fraction of sp³-hybridized carbons (Fsp3) is 0.433. The van der Waals surface area contributed by atoms with Gasteiger partial charge in [0.25, 0.3) is 5.91 Å². The average Bonchev–Trinajstić information content (AvgIpc) is 3.55. The maximum Gasteiger partial charge on any atom is 0.363 e. The fourth-order valence-corrected chi connectivity index (χ4v) is 8.07. The summed E-state index contributed by atoms with van der Waals surface area (Å²) < 4.78 is 45.5. The Bertz CT molecular complexity index is 1670. The Labute approximate surface area is 256 Å². The number of halogens is 2. The Morgan fingerprint density at radius 1 is 1.09 bits per heavy atom. The minimum absolute atomic E-state index is 0.0707. The van der Waals surface area contributed by atoms with Gasteiger partial charge in [0, 0.05) is 35.3 Å². The fourth-order valence-electron chi connectivity index (χ4n) is 6.57. The molecule has 1 aromatic heterocycles. The molecule has 0 radical (unpaired) electrons. The topological polar surface area (TPSA) is 136 Å². The zero-order valence-corrected chi connectivity index (χ0v) is 25.5. The Balaban J connectivity index is 1.13. The van der Waals surface area contributed by atoms with Crippen molar-refractivity contribution in [3.63, 3.8) is 0 Å². The van der Waals surface area contributed by atoms with Crippen molar-refractivity contribution in [2.24, 2.45) is 0 Å². The second kappa shape index (κ2) is 11.8. The number of nitrogens with one attached hydrogen (secondary N) is 1. The molecule has 0 saturated carbocycles. The molecule has 0 spiro atoms. The largest absolute Gasteiger partial charge is 0.496 e. The third kappa shape index (κ3) is 5.74. The first-order valence-corrected chi connectivity index (χ1v) is 16.9. The van der Waals surface area contributed by atoms with Crippen LogP contribution in [0.3, 0.4) is 0 Å². The van der Waals surface area contributed by atoms with E-state index in [1.165, 1.54) is 43.5 Å². The van der Waals surface area contributed by atoms with E-state index < -0.39 is 31.5 Å². The maximum atomic E-state index is 14.2. The highest BCUT2D eigenvalue weighted by Gasteiger charge is 2.47. The summed E-state index contributed by atoms with van der Waals surface area (Å²) in [6.07, 6.45) is 3.06. The van der Waals surface area contributed by atoms with Gasteiger partial charge in [-0.05, 0) is 79.5 Å². The maximum absolute atomic E-state index is 14.2. The number of methoxy groups -OCH3 is 1. The third-order valence-electron chi connectivity index (χ3n) is 8.83. The number of likely N-dealkylation sites (tertiary alicyclic amines) is 1. The molecule has 2 aromatic carbocycles. The van der Waals surface area contributed by atoms with Crippen molar-refractivity contribution in [1.29, 1.82) is 0 Å². The number of thiophene rings is 1. The third-order valence-corrected chi connectivity index (χ3v) is 10.8. The summed E-state index contributed by atoms with van der Waals surface area (Å²) in [6.45, 7) is 0.792. The van der Waals surface area contributed by atoms with Gasteiger partial charge in [-0.3, -0.25) is 18.9 Å². The van der Waals surface area contributed by atoms with E-state index in [2.05, 4.69) is 5.32 Å². The van der Waals surface area contributed by atoms with Crippen LogP contribution >= 0.6 is 18.9 Å². The van der Waals surface area contributed by atoms with E-state index >= 15 is 0 Å². The second-order valence-corrected chi connectivity index (χ2v) is 14.3. The van der Waals surface area contributed by atoms with E-state index in [-0.39, 0.29) is 40.0 Å². The number of alkyl halides is 1. The van der Waals surface area contributed by atoms with Crippen LogP contribution < -0.4 is 10.1 Å². The van der Waals surface area contributed by atoms with Gasteiger partial charge in [0.2, 0.25) is 17.7 Å². The average molecular weight is 648 g/mol. The highest BCUT2D eigenvalue weighted by atomic mass is 32.1. The predicted molar refractivity (Wildman–Crippen MR) is 159 cm³/mol. The molecule has 3 aliphatic rings. The Morgan fingerprint density at radius 3 is 2.59 bits per heavy atom. The van der Waals surface area contributed by atoms with Gasteiger partial charge in [-0.25, -0.2) is 8.78 Å². The molecule has 14 heteroatoms. The number of amides is 3. The van der Waals surface area contributed by atoms with Gasteiger partial charge in [-0.15, -0.1) is 11.3 Å². The second-order valence-electron chi connectivity index (χ2n) is 11.6. The van der Waals surface area contributed by atoms with Crippen molar-refractivity contribution in [3.8, 4) is 5.75 Å². The van der Waals surface area contributed by atoms with E-state index in [9.17, 15) is 37.5 Å². The molecular formula is C30H32F2N3O7PS. The summed E-state index contributed by atoms with van der Waals surface area (Å²) in [5, 5.41) is 3.28. The number of rotatable bonds is 7. The molecule has 4 heterocycles. The summed E-state index contributed by atoms with van der Waals surface area (Å²) in [5.41, 5.74) is 0.521. The highest BCUT2D eigenvalue weighted by molar-refractivity contribution is 7.51. The zero-order chi connectivity index (χ0) is 31.3. The summed E-state index contributed by atoms with van der Waals surface area (Å²) in [4.78, 5) is 62.6. The Hall–Kier alpha value is -3.38. The van der Waals surface area contributed by atoms with E-state index in [0.717, 1.165) is 17.8 Å². The quantitative estimate of drug-likeness (QED) is 0.322. The molecule has 1 unspecified atom stereocenters. The summed E-state index contributed by atoms with van der Waals surface area (Å²) in [7, 11) is -3.47. The molecule has 4 atom stereocenters. The summed E-state index contributed by atoms with van der Waals surface area (Å²) in [5.74, 6) is -3.29. The number of ether oxygens (including phenoxy) is 1. The Kier molecular flexibility index (Phi) is 8.25. The van der Waals surface area contributed by atoms with Crippen molar-refractivity contribution < 1.29 is 42.3 Å². The number of benzene rings is 2. The number of nitrogens with zero attached hydrogens (tertiary/aromatic N) is 2. The van der Waals surface area contributed by atoms with Gasteiger partial charge in [-0.1, -0.05) is 6.07 Å². The molecule has 3 saturated heterocycles. The molecule has 6 rings (SSSR count). The van der Waals surface area contributed by atoms with E-state index in [0.29, 0.717) is 60.2 Å². The van der Waals surface area contributed by atoms with Gasteiger partial charge >= 0.3 is 7.60 Å². The van der Waals surface area contributed by atoms with Gasteiger partial charge in [0.1, 0.15) is 23.7 Å². The smallest absolute Gasteiger partial charge is 0.363 e. The highest BCUT2D eigenvalue weighted by Crippen LogP contribution is 2.53. The normalized spacial score (nSPS) is 23.2. The molecule has 234 valence electrons.